The van der Waals surface area contributed by atoms with Crippen molar-refractivity contribution in [2.45, 2.75) is 32.4 Å². The van der Waals surface area contributed by atoms with Crippen LogP contribution in [0.15, 0.2) is 18.3 Å². The molecule has 8 nitrogen and oxygen atoms in total. The molecular formula is C17H23N5O3. The Hall–Kier alpha value is -2.48. The molecule has 2 aliphatic rings. The van der Waals surface area contributed by atoms with Crippen LogP contribution in [0.3, 0.4) is 0 Å². The van der Waals surface area contributed by atoms with Gasteiger partial charge < -0.3 is 10.2 Å². The van der Waals surface area contributed by atoms with Crippen molar-refractivity contribution in [1.29, 1.82) is 0 Å². The summed E-state index contributed by atoms with van der Waals surface area (Å²) >= 11 is 0. The van der Waals surface area contributed by atoms with E-state index in [1.54, 1.807) is 11.1 Å². The lowest BCUT2D eigenvalue weighted by atomic mass is 10.1. The highest BCUT2D eigenvalue weighted by molar-refractivity contribution is 5.98. The summed E-state index contributed by atoms with van der Waals surface area (Å²) in [5.41, 5.74) is 2.22. The van der Waals surface area contributed by atoms with E-state index in [2.05, 4.69) is 20.5 Å². The van der Waals surface area contributed by atoms with E-state index in [1.807, 2.05) is 19.1 Å². The Morgan fingerprint density at radius 1 is 1.28 bits per heavy atom. The molecule has 2 aliphatic heterocycles. The third-order valence-corrected chi connectivity index (χ3v) is 4.69. The van der Waals surface area contributed by atoms with Crippen LogP contribution >= 0.6 is 0 Å². The number of rotatable bonds is 3. The molecule has 0 bridgehead atoms. The fourth-order valence-electron chi connectivity index (χ4n) is 3.16. The minimum absolute atomic E-state index is 0.112. The zero-order valence-electron chi connectivity index (χ0n) is 14.3. The van der Waals surface area contributed by atoms with Gasteiger partial charge in [-0.05, 0) is 25.0 Å². The molecule has 134 valence electrons. The Morgan fingerprint density at radius 3 is 2.76 bits per heavy atom. The van der Waals surface area contributed by atoms with E-state index in [9.17, 15) is 14.4 Å². The van der Waals surface area contributed by atoms with E-state index in [1.165, 1.54) is 5.56 Å². The standard InChI is InChI=1S/C17H23N5O3/c1-12-3-2-6-18-14(12)11-21-7-9-22(10-8-21)16(24)13-4-5-15(23)20-17(25)19-13/h2-3,6,13H,4-5,7-11H2,1H3,(H2,19,20,23,25). The molecule has 0 aromatic carbocycles. The van der Waals surface area contributed by atoms with Gasteiger partial charge in [-0.25, -0.2) is 4.79 Å². The molecule has 3 heterocycles. The number of piperazine rings is 1. The van der Waals surface area contributed by atoms with Crippen LogP contribution in [0.4, 0.5) is 4.79 Å². The van der Waals surface area contributed by atoms with Crippen molar-refractivity contribution in [2.75, 3.05) is 26.2 Å². The maximum atomic E-state index is 12.6. The molecule has 25 heavy (non-hydrogen) atoms. The SMILES string of the molecule is Cc1cccnc1CN1CCN(C(=O)C2CCC(=O)NC(=O)N2)CC1. The predicted octanol–water partition coefficient (Wildman–Crippen LogP) is 0.0224. The monoisotopic (exact) mass is 345 g/mol. The first-order valence-corrected chi connectivity index (χ1v) is 8.55. The lowest BCUT2D eigenvalue weighted by Gasteiger charge is -2.36. The normalized spacial score (nSPS) is 22.1. The number of carbonyl (C=O) groups excluding carboxylic acids is 3. The minimum atomic E-state index is -0.629. The summed E-state index contributed by atoms with van der Waals surface area (Å²) in [5, 5.41) is 4.77. The van der Waals surface area contributed by atoms with Gasteiger partial charge in [0.25, 0.3) is 0 Å². The summed E-state index contributed by atoms with van der Waals surface area (Å²) in [4.78, 5) is 44.0. The fourth-order valence-corrected chi connectivity index (χ4v) is 3.16. The molecule has 1 aromatic heterocycles. The van der Waals surface area contributed by atoms with Gasteiger partial charge in [0, 0.05) is 45.3 Å². The summed E-state index contributed by atoms with van der Waals surface area (Å²) in [7, 11) is 0. The van der Waals surface area contributed by atoms with Crippen molar-refractivity contribution >= 4 is 17.8 Å². The topological polar surface area (TPSA) is 94.6 Å². The Balaban J connectivity index is 1.53. The van der Waals surface area contributed by atoms with E-state index in [-0.39, 0.29) is 18.2 Å². The van der Waals surface area contributed by atoms with Crippen LogP contribution in [0.25, 0.3) is 0 Å². The fraction of sp³-hybridized carbons (Fsp3) is 0.529. The van der Waals surface area contributed by atoms with Crippen LogP contribution in [0.2, 0.25) is 0 Å². The zero-order valence-corrected chi connectivity index (χ0v) is 14.3. The lowest BCUT2D eigenvalue weighted by Crippen LogP contribution is -2.55. The van der Waals surface area contributed by atoms with Gasteiger partial charge in [0.05, 0.1) is 5.69 Å². The molecular weight excluding hydrogens is 322 g/mol. The second-order valence-electron chi connectivity index (χ2n) is 6.48. The van der Waals surface area contributed by atoms with Gasteiger partial charge in [-0.3, -0.25) is 24.8 Å². The Bertz CT molecular complexity index is 670. The number of imide groups is 1. The van der Waals surface area contributed by atoms with Crippen LogP contribution in [0.5, 0.6) is 0 Å². The maximum Gasteiger partial charge on any atom is 0.322 e. The van der Waals surface area contributed by atoms with E-state index in [0.717, 1.165) is 25.3 Å². The second kappa shape index (κ2) is 7.60. The first-order valence-electron chi connectivity index (χ1n) is 8.55. The molecule has 1 unspecified atom stereocenters. The number of aromatic nitrogens is 1. The molecule has 1 atom stereocenters. The van der Waals surface area contributed by atoms with E-state index in [4.69, 9.17) is 0 Å². The summed E-state index contributed by atoms with van der Waals surface area (Å²) in [5.74, 6) is -0.457. The van der Waals surface area contributed by atoms with Gasteiger partial charge in [-0.1, -0.05) is 6.07 Å². The molecule has 2 N–H and O–H groups in total. The number of amides is 4. The van der Waals surface area contributed by atoms with E-state index in [0.29, 0.717) is 19.5 Å². The van der Waals surface area contributed by atoms with E-state index < -0.39 is 12.1 Å². The number of urea groups is 1. The highest BCUT2D eigenvalue weighted by atomic mass is 16.2. The van der Waals surface area contributed by atoms with Crippen LogP contribution in [0.1, 0.15) is 24.1 Å². The first-order chi connectivity index (χ1) is 12.0. The maximum absolute atomic E-state index is 12.6. The Labute approximate surface area is 146 Å². The van der Waals surface area contributed by atoms with Crippen molar-refractivity contribution in [3.8, 4) is 0 Å². The van der Waals surface area contributed by atoms with Crippen LogP contribution < -0.4 is 10.6 Å². The van der Waals surface area contributed by atoms with Crippen LogP contribution in [0, 0.1) is 6.92 Å². The van der Waals surface area contributed by atoms with Gasteiger partial charge in [0.15, 0.2) is 0 Å². The molecule has 0 radical (unpaired) electrons. The van der Waals surface area contributed by atoms with Gasteiger partial charge in [0.2, 0.25) is 11.8 Å². The number of aryl methyl sites for hydroxylation is 1. The molecule has 2 saturated heterocycles. The molecule has 4 amide bonds. The smallest absolute Gasteiger partial charge is 0.322 e. The molecule has 0 spiro atoms. The van der Waals surface area contributed by atoms with Gasteiger partial charge in [0.1, 0.15) is 6.04 Å². The second-order valence-corrected chi connectivity index (χ2v) is 6.48. The summed E-state index contributed by atoms with van der Waals surface area (Å²) in [6.45, 7) is 5.57. The lowest BCUT2D eigenvalue weighted by molar-refractivity contribution is -0.135. The largest absolute Gasteiger partial charge is 0.338 e. The first kappa shape index (κ1) is 17.3. The number of pyridine rings is 1. The highest BCUT2D eigenvalue weighted by Crippen LogP contribution is 2.12. The molecule has 1 aromatic rings. The van der Waals surface area contributed by atoms with Crippen LogP contribution in [-0.4, -0.2) is 64.9 Å². The number of carbonyl (C=O) groups is 3. The average Bonchev–Trinajstić information content (AvgIpc) is 2.77. The molecule has 0 aliphatic carbocycles. The minimum Gasteiger partial charge on any atom is -0.338 e. The predicted molar refractivity (Wildman–Crippen MR) is 90.5 cm³/mol. The summed E-state index contributed by atoms with van der Waals surface area (Å²) in [6.07, 6.45) is 2.31. The highest BCUT2D eigenvalue weighted by Gasteiger charge is 2.31. The van der Waals surface area contributed by atoms with E-state index >= 15 is 0 Å². The number of hydrogen-bond acceptors (Lipinski definition) is 5. The van der Waals surface area contributed by atoms with Gasteiger partial charge in [-0.15, -0.1) is 0 Å². The van der Waals surface area contributed by atoms with Crippen molar-refractivity contribution < 1.29 is 14.4 Å². The van der Waals surface area contributed by atoms with Gasteiger partial charge in [-0.2, -0.15) is 0 Å². The Morgan fingerprint density at radius 2 is 2.04 bits per heavy atom. The van der Waals surface area contributed by atoms with Crippen LogP contribution in [-0.2, 0) is 16.1 Å². The van der Waals surface area contributed by atoms with Crippen molar-refractivity contribution in [1.82, 2.24) is 25.4 Å². The summed E-state index contributed by atoms with van der Waals surface area (Å²) in [6, 6.07) is 2.75. The number of nitrogens with zero attached hydrogens (tertiary/aromatic N) is 3. The van der Waals surface area contributed by atoms with Gasteiger partial charge >= 0.3 is 6.03 Å². The van der Waals surface area contributed by atoms with Crippen molar-refractivity contribution in [3.05, 3.63) is 29.6 Å². The third-order valence-electron chi connectivity index (χ3n) is 4.69. The number of nitrogens with one attached hydrogen (secondary N) is 2. The Kier molecular flexibility index (Phi) is 5.28. The molecule has 2 fully saturated rings. The average molecular weight is 345 g/mol. The van der Waals surface area contributed by atoms with Crippen molar-refractivity contribution in [3.63, 3.8) is 0 Å². The molecule has 3 rings (SSSR count). The zero-order chi connectivity index (χ0) is 17.8. The molecule has 8 heteroatoms. The number of hydrogen-bond donors (Lipinski definition) is 2. The third kappa shape index (κ3) is 4.33. The van der Waals surface area contributed by atoms with Crippen molar-refractivity contribution in [2.24, 2.45) is 0 Å². The quantitative estimate of drug-likeness (QED) is 0.806. The molecule has 0 saturated carbocycles. The summed E-state index contributed by atoms with van der Waals surface area (Å²) < 4.78 is 0.